The Morgan fingerprint density at radius 2 is 2.17 bits per heavy atom. The molecule has 2 rings (SSSR count). The third kappa shape index (κ3) is 4.28. The molecule has 1 saturated heterocycles. The molecule has 1 aliphatic heterocycles. The van der Waals surface area contributed by atoms with Crippen molar-refractivity contribution in [2.45, 2.75) is 51.8 Å². The van der Waals surface area contributed by atoms with Gasteiger partial charge in [0.2, 0.25) is 0 Å². The summed E-state index contributed by atoms with van der Waals surface area (Å²) in [5.41, 5.74) is 6.99. The van der Waals surface area contributed by atoms with Crippen LogP contribution in [0.2, 0.25) is 0 Å². The smallest absolute Gasteiger partial charge is 0.411 e. The molecule has 1 atom stereocenters. The summed E-state index contributed by atoms with van der Waals surface area (Å²) in [7, 11) is 0. The van der Waals surface area contributed by atoms with E-state index < -0.39 is 5.60 Å². The van der Waals surface area contributed by atoms with Gasteiger partial charge in [-0.1, -0.05) is 6.07 Å². The molecular weight excluding hydrogens is 292 g/mol. The molecule has 1 fully saturated rings. The normalized spacial score (nSPS) is 18.2. The van der Waals surface area contributed by atoms with Crippen LogP contribution in [-0.2, 0) is 4.74 Å². The number of piperidine rings is 1. The Bertz CT molecular complexity index is 616. The van der Waals surface area contributed by atoms with Gasteiger partial charge >= 0.3 is 6.09 Å². The van der Waals surface area contributed by atoms with Crippen molar-refractivity contribution in [2.75, 3.05) is 17.6 Å². The van der Waals surface area contributed by atoms with Crippen LogP contribution in [0.3, 0.4) is 0 Å². The van der Waals surface area contributed by atoms with Crippen molar-refractivity contribution in [1.29, 1.82) is 5.26 Å². The number of benzene rings is 1. The molecule has 23 heavy (non-hydrogen) atoms. The minimum atomic E-state index is -0.529. The van der Waals surface area contributed by atoms with E-state index in [4.69, 9.17) is 15.7 Å². The number of nitrogens with one attached hydrogen (secondary N) is 1. The van der Waals surface area contributed by atoms with Gasteiger partial charge in [-0.15, -0.1) is 0 Å². The van der Waals surface area contributed by atoms with E-state index in [0.29, 0.717) is 23.5 Å². The summed E-state index contributed by atoms with van der Waals surface area (Å²) in [6.45, 7) is 6.20. The van der Waals surface area contributed by atoms with E-state index >= 15 is 0 Å². The molecule has 1 unspecified atom stereocenters. The third-order valence-electron chi connectivity index (χ3n) is 3.68. The Balaban J connectivity index is 2.16. The molecule has 0 bridgehead atoms. The van der Waals surface area contributed by atoms with Crippen LogP contribution in [0.25, 0.3) is 0 Å². The molecule has 0 saturated carbocycles. The van der Waals surface area contributed by atoms with Crippen LogP contribution in [-0.4, -0.2) is 29.3 Å². The van der Waals surface area contributed by atoms with Gasteiger partial charge in [-0.3, -0.25) is 4.90 Å². The minimum absolute atomic E-state index is 0.185. The number of anilines is 2. The molecule has 0 radical (unpaired) electrons. The lowest BCUT2D eigenvalue weighted by atomic mass is 10.1. The topological polar surface area (TPSA) is 91.4 Å². The fourth-order valence-electron chi connectivity index (χ4n) is 2.59. The first-order valence-corrected chi connectivity index (χ1v) is 7.86. The van der Waals surface area contributed by atoms with Gasteiger partial charge in [0, 0.05) is 6.54 Å². The highest BCUT2D eigenvalue weighted by atomic mass is 16.6. The summed E-state index contributed by atoms with van der Waals surface area (Å²) < 4.78 is 5.48. The first-order valence-electron chi connectivity index (χ1n) is 7.86. The molecule has 0 aliphatic carbocycles. The maximum atomic E-state index is 12.4. The van der Waals surface area contributed by atoms with Crippen molar-refractivity contribution < 1.29 is 9.53 Å². The maximum Gasteiger partial charge on any atom is 0.411 e. The first kappa shape index (κ1) is 16.9. The van der Waals surface area contributed by atoms with E-state index in [2.05, 4.69) is 11.4 Å². The summed E-state index contributed by atoms with van der Waals surface area (Å²) in [4.78, 5) is 14.1. The minimum Gasteiger partial charge on any atom is -0.444 e. The molecular formula is C17H24N4O2. The highest BCUT2D eigenvalue weighted by Gasteiger charge is 2.30. The van der Waals surface area contributed by atoms with Crippen LogP contribution in [0.15, 0.2) is 18.2 Å². The SMILES string of the molecule is CC(C)(C)OC(=O)N1CCCCC1Nc1cccc(C#N)c1N. The molecule has 124 valence electrons. The predicted octanol–water partition coefficient (Wildman–Crippen LogP) is 3.30. The fraction of sp³-hybridized carbons (Fsp3) is 0.529. The van der Waals surface area contributed by atoms with Gasteiger partial charge in [0.05, 0.1) is 16.9 Å². The number of hydrogen-bond donors (Lipinski definition) is 2. The summed E-state index contributed by atoms with van der Waals surface area (Å²) in [5, 5.41) is 12.4. The number of amides is 1. The Labute approximate surface area is 137 Å². The molecule has 1 amide bonds. The highest BCUT2D eigenvalue weighted by Crippen LogP contribution is 2.27. The zero-order chi connectivity index (χ0) is 17.0. The number of para-hydroxylation sites is 1. The second kappa shape index (κ2) is 6.78. The van der Waals surface area contributed by atoms with Gasteiger partial charge in [-0.25, -0.2) is 4.79 Å². The van der Waals surface area contributed by atoms with Crippen LogP contribution in [0.5, 0.6) is 0 Å². The zero-order valence-electron chi connectivity index (χ0n) is 13.9. The first-order chi connectivity index (χ1) is 10.8. The maximum absolute atomic E-state index is 12.4. The average Bonchev–Trinajstić information content (AvgIpc) is 2.48. The molecule has 6 heteroatoms. The van der Waals surface area contributed by atoms with Crippen molar-refractivity contribution in [2.24, 2.45) is 0 Å². The number of nitrogens with zero attached hydrogens (tertiary/aromatic N) is 2. The average molecular weight is 316 g/mol. The number of ether oxygens (including phenoxy) is 1. The quantitative estimate of drug-likeness (QED) is 0.817. The van der Waals surface area contributed by atoms with Gasteiger partial charge in [0.1, 0.15) is 17.8 Å². The van der Waals surface area contributed by atoms with Gasteiger partial charge in [0.25, 0.3) is 0 Å². The lowest BCUT2D eigenvalue weighted by Crippen LogP contribution is -2.49. The second-order valence-corrected chi connectivity index (χ2v) is 6.71. The van der Waals surface area contributed by atoms with E-state index in [9.17, 15) is 4.79 Å². The monoisotopic (exact) mass is 316 g/mol. The van der Waals surface area contributed by atoms with Crippen LogP contribution in [0.1, 0.15) is 45.6 Å². The van der Waals surface area contributed by atoms with Gasteiger partial charge < -0.3 is 15.8 Å². The van der Waals surface area contributed by atoms with E-state index in [1.165, 1.54) is 0 Å². The Hall–Kier alpha value is -2.42. The van der Waals surface area contributed by atoms with Gasteiger partial charge in [-0.2, -0.15) is 5.26 Å². The predicted molar refractivity (Wildman–Crippen MR) is 89.8 cm³/mol. The number of carbonyl (C=O) groups is 1. The standard InChI is InChI=1S/C17H24N4O2/c1-17(2,3)23-16(22)21-10-5-4-9-14(21)20-13-8-6-7-12(11-18)15(13)19/h6-8,14,20H,4-5,9-10,19H2,1-3H3. The van der Waals surface area contributed by atoms with Crippen LogP contribution in [0, 0.1) is 11.3 Å². The number of likely N-dealkylation sites (tertiary alicyclic amines) is 1. The van der Waals surface area contributed by atoms with E-state index in [-0.39, 0.29) is 12.3 Å². The van der Waals surface area contributed by atoms with Gasteiger partial charge in [0.15, 0.2) is 0 Å². The van der Waals surface area contributed by atoms with Crippen molar-refractivity contribution in [1.82, 2.24) is 4.90 Å². The lowest BCUT2D eigenvalue weighted by Gasteiger charge is -2.37. The van der Waals surface area contributed by atoms with E-state index in [0.717, 1.165) is 19.3 Å². The number of rotatable bonds is 2. The van der Waals surface area contributed by atoms with E-state index in [1.807, 2.05) is 26.8 Å². The molecule has 3 N–H and O–H groups in total. The Kier molecular flexibility index (Phi) is 4.99. The second-order valence-electron chi connectivity index (χ2n) is 6.71. The molecule has 1 aromatic rings. The molecule has 1 heterocycles. The van der Waals surface area contributed by atoms with Gasteiger partial charge in [-0.05, 0) is 52.2 Å². The van der Waals surface area contributed by atoms with E-state index in [1.54, 1.807) is 17.0 Å². The number of nitrogens with two attached hydrogens (primary N) is 1. The summed E-state index contributed by atoms with van der Waals surface area (Å²) in [5.74, 6) is 0. The Morgan fingerprint density at radius 1 is 1.43 bits per heavy atom. The van der Waals surface area contributed by atoms with Crippen molar-refractivity contribution in [3.8, 4) is 6.07 Å². The number of nitrogen functional groups attached to an aromatic ring is 1. The van der Waals surface area contributed by atoms with Crippen LogP contribution in [0.4, 0.5) is 16.2 Å². The molecule has 0 aromatic heterocycles. The summed E-state index contributed by atoms with van der Waals surface area (Å²) in [6.07, 6.45) is 2.27. The molecule has 1 aliphatic rings. The summed E-state index contributed by atoms with van der Waals surface area (Å²) in [6, 6.07) is 7.33. The molecule has 1 aromatic carbocycles. The highest BCUT2D eigenvalue weighted by molar-refractivity contribution is 5.74. The number of hydrogen-bond acceptors (Lipinski definition) is 5. The van der Waals surface area contributed by atoms with Crippen molar-refractivity contribution in [3.63, 3.8) is 0 Å². The fourth-order valence-corrected chi connectivity index (χ4v) is 2.59. The zero-order valence-corrected chi connectivity index (χ0v) is 13.9. The molecule has 0 spiro atoms. The number of nitriles is 1. The van der Waals surface area contributed by atoms with Crippen LogP contribution < -0.4 is 11.1 Å². The summed E-state index contributed by atoms with van der Waals surface area (Å²) >= 11 is 0. The number of carbonyl (C=O) groups excluding carboxylic acids is 1. The third-order valence-corrected chi connectivity index (χ3v) is 3.68. The lowest BCUT2D eigenvalue weighted by molar-refractivity contribution is 0.0130. The largest absolute Gasteiger partial charge is 0.444 e. The Morgan fingerprint density at radius 3 is 2.83 bits per heavy atom. The van der Waals surface area contributed by atoms with Crippen molar-refractivity contribution >= 4 is 17.5 Å². The van der Waals surface area contributed by atoms with Crippen molar-refractivity contribution in [3.05, 3.63) is 23.8 Å². The molecule has 6 nitrogen and oxygen atoms in total. The van der Waals surface area contributed by atoms with Crippen LogP contribution >= 0.6 is 0 Å².